The summed E-state index contributed by atoms with van der Waals surface area (Å²) in [5.41, 5.74) is 0.932. The standard InChI is InChI=1S/C15H21FO/c1-4-11(3)15(12-6-7-12)17-14-8-5-10(2)9-13(14)16/h5,8-9,11-12,15H,4,6-7H2,1-3H3/t11-,15?/m0/s1. The molecule has 0 N–H and O–H groups in total. The van der Waals surface area contributed by atoms with Crippen LogP contribution in [0.2, 0.25) is 0 Å². The Bertz CT molecular complexity index is 385. The predicted octanol–water partition coefficient (Wildman–Crippen LogP) is 4.34. The highest BCUT2D eigenvalue weighted by Crippen LogP contribution is 2.39. The number of hydrogen-bond acceptors (Lipinski definition) is 1. The monoisotopic (exact) mass is 236 g/mol. The Hall–Kier alpha value is -1.05. The van der Waals surface area contributed by atoms with Crippen molar-refractivity contribution in [2.45, 2.75) is 46.1 Å². The summed E-state index contributed by atoms with van der Waals surface area (Å²) < 4.78 is 19.6. The number of benzene rings is 1. The molecule has 0 spiro atoms. The maximum Gasteiger partial charge on any atom is 0.165 e. The van der Waals surface area contributed by atoms with Crippen molar-refractivity contribution in [2.75, 3.05) is 0 Å². The van der Waals surface area contributed by atoms with Crippen LogP contribution >= 0.6 is 0 Å². The molecule has 17 heavy (non-hydrogen) atoms. The minimum atomic E-state index is -0.237. The van der Waals surface area contributed by atoms with Crippen molar-refractivity contribution in [3.63, 3.8) is 0 Å². The molecule has 0 radical (unpaired) electrons. The molecular weight excluding hydrogens is 215 g/mol. The van der Waals surface area contributed by atoms with Gasteiger partial charge in [-0.2, -0.15) is 0 Å². The normalized spacial score (nSPS) is 18.8. The Morgan fingerprint density at radius 1 is 1.41 bits per heavy atom. The van der Waals surface area contributed by atoms with E-state index in [-0.39, 0.29) is 11.9 Å². The van der Waals surface area contributed by atoms with Gasteiger partial charge in [0.05, 0.1) is 0 Å². The Balaban J connectivity index is 2.11. The SMILES string of the molecule is CC[C@H](C)C(Oc1ccc(C)cc1F)C1CC1. The maximum atomic E-state index is 13.7. The lowest BCUT2D eigenvalue weighted by atomic mass is 9.98. The van der Waals surface area contributed by atoms with Crippen molar-refractivity contribution in [2.24, 2.45) is 11.8 Å². The molecule has 0 heterocycles. The Kier molecular flexibility index (Phi) is 3.70. The summed E-state index contributed by atoms with van der Waals surface area (Å²) >= 11 is 0. The van der Waals surface area contributed by atoms with Crippen molar-refractivity contribution in [1.29, 1.82) is 0 Å². The molecule has 1 aliphatic rings. The molecule has 0 aliphatic heterocycles. The number of hydrogen-bond donors (Lipinski definition) is 0. The third kappa shape index (κ3) is 2.99. The minimum Gasteiger partial charge on any atom is -0.487 e. The molecule has 94 valence electrons. The fourth-order valence-corrected chi connectivity index (χ4v) is 2.18. The van der Waals surface area contributed by atoms with E-state index in [0.717, 1.165) is 12.0 Å². The van der Waals surface area contributed by atoms with Gasteiger partial charge < -0.3 is 4.74 Å². The zero-order valence-electron chi connectivity index (χ0n) is 10.9. The van der Waals surface area contributed by atoms with Gasteiger partial charge in [0, 0.05) is 0 Å². The lowest BCUT2D eigenvalue weighted by Crippen LogP contribution is -2.27. The zero-order chi connectivity index (χ0) is 12.4. The molecule has 0 bridgehead atoms. The summed E-state index contributed by atoms with van der Waals surface area (Å²) in [4.78, 5) is 0. The molecule has 1 aromatic carbocycles. The second kappa shape index (κ2) is 5.07. The second-order valence-corrected chi connectivity index (χ2v) is 5.24. The van der Waals surface area contributed by atoms with Crippen LogP contribution in [0.1, 0.15) is 38.7 Å². The fourth-order valence-electron chi connectivity index (χ4n) is 2.18. The topological polar surface area (TPSA) is 9.23 Å². The van der Waals surface area contributed by atoms with Crippen LogP contribution in [0.4, 0.5) is 4.39 Å². The van der Waals surface area contributed by atoms with Gasteiger partial charge in [0.2, 0.25) is 0 Å². The van der Waals surface area contributed by atoms with Gasteiger partial charge in [-0.3, -0.25) is 0 Å². The molecule has 2 atom stereocenters. The van der Waals surface area contributed by atoms with Gasteiger partial charge in [-0.1, -0.05) is 26.3 Å². The van der Waals surface area contributed by atoms with Crippen molar-refractivity contribution in [3.8, 4) is 5.75 Å². The summed E-state index contributed by atoms with van der Waals surface area (Å²) in [6.45, 7) is 6.24. The Morgan fingerprint density at radius 2 is 2.12 bits per heavy atom. The molecular formula is C15H21FO. The molecule has 1 nitrogen and oxygen atoms in total. The van der Waals surface area contributed by atoms with Crippen LogP contribution in [-0.4, -0.2) is 6.10 Å². The average molecular weight is 236 g/mol. The first-order valence-corrected chi connectivity index (χ1v) is 6.54. The van der Waals surface area contributed by atoms with Gasteiger partial charge >= 0.3 is 0 Å². The molecule has 1 aromatic rings. The summed E-state index contributed by atoms with van der Waals surface area (Å²) in [5.74, 6) is 1.29. The van der Waals surface area contributed by atoms with Gasteiger partial charge in [0.15, 0.2) is 11.6 Å². The van der Waals surface area contributed by atoms with Crippen molar-refractivity contribution in [1.82, 2.24) is 0 Å². The highest BCUT2D eigenvalue weighted by Gasteiger charge is 2.36. The van der Waals surface area contributed by atoms with Crippen LogP contribution in [-0.2, 0) is 0 Å². The summed E-state index contributed by atoms with van der Waals surface area (Å²) in [6, 6.07) is 5.19. The molecule has 1 unspecified atom stereocenters. The van der Waals surface area contributed by atoms with E-state index in [0.29, 0.717) is 17.6 Å². The van der Waals surface area contributed by atoms with Crippen LogP contribution < -0.4 is 4.74 Å². The van der Waals surface area contributed by atoms with Gasteiger partial charge in [-0.05, 0) is 49.3 Å². The van der Waals surface area contributed by atoms with E-state index in [1.54, 1.807) is 6.07 Å². The first-order valence-electron chi connectivity index (χ1n) is 6.54. The van der Waals surface area contributed by atoms with Crippen LogP contribution in [0.15, 0.2) is 18.2 Å². The minimum absolute atomic E-state index is 0.178. The summed E-state index contributed by atoms with van der Waals surface area (Å²) in [5, 5.41) is 0. The van der Waals surface area contributed by atoms with Gasteiger partial charge in [-0.25, -0.2) is 4.39 Å². The number of halogens is 1. The zero-order valence-corrected chi connectivity index (χ0v) is 10.9. The quantitative estimate of drug-likeness (QED) is 0.739. The molecule has 2 rings (SSSR count). The third-order valence-electron chi connectivity index (χ3n) is 3.64. The Morgan fingerprint density at radius 3 is 2.65 bits per heavy atom. The number of aryl methyl sites for hydroxylation is 1. The van der Waals surface area contributed by atoms with Gasteiger partial charge in [-0.15, -0.1) is 0 Å². The average Bonchev–Trinajstić information content (AvgIpc) is 3.11. The van der Waals surface area contributed by atoms with E-state index in [4.69, 9.17) is 4.74 Å². The van der Waals surface area contributed by atoms with Crippen LogP contribution in [0.3, 0.4) is 0 Å². The number of rotatable bonds is 5. The molecule has 2 heteroatoms. The van der Waals surface area contributed by atoms with E-state index in [1.165, 1.54) is 18.9 Å². The van der Waals surface area contributed by atoms with E-state index >= 15 is 0 Å². The Labute approximate surface area is 103 Å². The van der Waals surface area contributed by atoms with E-state index < -0.39 is 0 Å². The van der Waals surface area contributed by atoms with Crippen LogP contribution in [0.25, 0.3) is 0 Å². The van der Waals surface area contributed by atoms with Crippen molar-refractivity contribution < 1.29 is 9.13 Å². The number of ether oxygens (including phenoxy) is 1. The lowest BCUT2D eigenvalue weighted by Gasteiger charge is -2.24. The largest absolute Gasteiger partial charge is 0.487 e. The summed E-state index contributed by atoms with van der Waals surface area (Å²) in [6.07, 6.45) is 3.71. The smallest absolute Gasteiger partial charge is 0.165 e. The molecule has 1 aliphatic carbocycles. The van der Waals surface area contributed by atoms with Gasteiger partial charge in [0.25, 0.3) is 0 Å². The lowest BCUT2D eigenvalue weighted by molar-refractivity contribution is 0.113. The fraction of sp³-hybridized carbons (Fsp3) is 0.600. The molecule has 0 saturated heterocycles. The van der Waals surface area contributed by atoms with E-state index in [1.807, 2.05) is 13.0 Å². The third-order valence-corrected chi connectivity index (χ3v) is 3.64. The second-order valence-electron chi connectivity index (χ2n) is 5.24. The highest BCUT2D eigenvalue weighted by atomic mass is 19.1. The molecule has 1 fully saturated rings. The predicted molar refractivity (Wildman–Crippen MR) is 67.7 cm³/mol. The maximum absolute atomic E-state index is 13.7. The molecule has 1 saturated carbocycles. The first-order chi connectivity index (χ1) is 8.11. The van der Waals surface area contributed by atoms with Crippen molar-refractivity contribution in [3.05, 3.63) is 29.6 Å². The first kappa shape index (κ1) is 12.4. The van der Waals surface area contributed by atoms with Gasteiger partial charge in [0.1, 0.15) is 6.10 Å². The highest BCUT2D eigenvalue weighted by molar-refractivity contribution is 5.29. The van der Waals surface area contributed by atoms with E-state index in [9.17, 15) is 4.39 Å². The van der Waals surface area contributed by atoms with E-state index in [2.05, 4.69) is 13.8 Å². The van der Waals surface area contributed by atoms with Crippen molar-refractivity contribution >= 4 is 0 Å². The van der Waals surface area contributed by atoms with Crippen LogP contribution in [0, 0.1) is 24.6 Å². The summed E-state index contributed by atoms with van der Waals surface area (Å²) in [7, 11) is 0. The van der Waals surface area contributed by atoms with Crippen LogP contribution in [0.5, 0.6) is 5.75 Å². The molecule has 0 aromatic heterocycles. The molecule has 0 amide bonds.